The van der Waals surface area contributed by atoms with E-state index in [0.29, 0.717) is 10.6 Å². The maximum atomic E-state index is 11.3. The van der Waals surface area contributed by atoms with Gasteiger partial charge in [-0.15, -0.1) is 0 Å². The number of carbonyl (C=O) groups is 1. The van der Waals surface area contributed by atoms with Crippen LogP contribution in [0, 0.1) is 0 Å². The second-order valence-electron chi connectivity index (χ2n) is 3.40. The molecule has 88 valence electrons. The third-order valence-electron chi connectivity index (χ3n) is 2.21. The molecule has 3 nitrogen and oxygen atoms in total. The van der Waals surface area contributed by atoms with Crippen LogP contribution in [-0.2, 0) is 16.0 Å². The van der Waals surface area contributed by atoms with E-state index in [-0.39, 0.29) is 6.61 Å². The van der Waals surface area contributed by atoms with Crippen molar-refractivity contribution >= 4 is 17.6 Å². The van der Waals surface area contributed by atoms with Crippen molar-refractivity contribution in [2.75, 3.05) is 6.61 Å². The molecular weight excluding hydrogens is 228 g/mol. The van der Waals surface area contributed by atoms with Gasteiger partial charge in [-0.3, -0.25) is 0 Å². The Morgan fingerprint density at radius 3 is 2.69 bits per heavy atom. The highest BCUT2D eigenvalue weighted by Gasteiger charge is 2.19. The first-order chi connectivity index (χ1) is 7.58. The molecule has 0 aliphatic heterocycles. The highest BCUT2D eigenvalue weighted by Crippen LogP contribution is 2.21. The van der Waals surface area contributed by atoms with Crippen molar-refractivity contribution in [2.24, 2.45) is 0 Å². The Morgan fingerprint density at radius 1 is 1.44 bits per heavy atom. The van der Waals surface area contributed by atoms with Gasteiger partial charge in [0.2, 0.25) is 0 Å². The lowest BCUT2D eigenvalue weighted by Gasteiger charge is -2.11. The molecule has 0 aliphatic carbocycles. The fourth-order valence-corrected chi connectivity index (χ4v) is 1.66. The smallest absolute Gasteiger partial charge is 0.339 e. The summed E-state index contributed by atoms with van der Waals surface area (Å²) in [6, 6.07) is 5.14. The van der Waals surface area contributed by atoms with Crippen LogP contribution in [0.25, 0.3) is 0 Å². The minimum atomic E-state index is -1.26. The number of aliphatic hydroxyl groups is 1. The minimum absolute atomic E-state index is 0.247. The number of esters is 1. The van der Waals surface area contributed by atoms with E-state index >= 15 is 0 Å². The van der Waals surface area contributed by atoms with Gasteiger partial charge in [-0.25, -0.2) is 4.79 Å². The second-order valence-corrected chi connectivity index (χ2v) is 3.84. The van der Waals surface area contributed by atoms with Crippen LogP contribution < -0.4 is 0 Å². The molecule has 1 unspecified atom stereocenters. The Bertz CT molecular complexity index is 377. The van der Waals surface area contributed by atoms with Crippen LogP contribution in [0.4, 0.5) is 0 Å². The first-order valence-electron chi connectivity index (χ1n) is 5.22. The molecule has 0 bridgehead atoms. The molecule has 1 N–H and O–H groups in total. The molecule has 0 saturated carbocycles. The number of rotatable bonds is 4. The number of ether oxygens (including phenoxy) is 1. The van der Waals surface area contributed by atoms with Crippen LogP contribution in [0.15, 0.2) is 18.2 Å². The Hall–Kier alpha value is -1.06. The Labute approximate surface area is 100.0 Å². The van der Waals surface area contributed by atoms with E-state index in [1.54, 1.807) is 19.1 Å². The van der Waals surface area contributed by atoms with E-state index in [2.05, 4.69) is 0 Å². The number of aryl methyl sites for hydroxylation is 1. The largest absolute Gasteiger partial charge is 0.464 e. The third kappa shape index (κ3) is 3.22. The van der Waals surface area contributed by atoms with Gasteiger partial charge in [-0.2, -0.15) is 0 Å². The first kappa shape index (κ1) is 13.0. The number of carbonyl (C=O) groups excluding carboxylic acids is 1. The monoisotopic (exact) mass is 242 g/mol. The normalized spacial score (nSPS) is 12.2. The van der Waals surface area contributed by atoms with Crippen molar-refractivity contribution in [3.63, 3.8) is 0 Å². The van der Waals surface area contributed by atoms with Gasteiger partial charge in [0.15, 0.2) is 6.10 Å². The van der Waals surface area contributed by atoms with Gasteiger partial charge in [0.25, 0.3) is 0 Å². The molecule has 1 rings (SSSR count). The number of aliphatic hydroxyl groups excluding tert-OH is 1. The molecule has 0 saturated heterocycles. The highest BCUT2D eigenvalue weighted by atomic mass is 35.5. The average Bonchev–Trinajstić information content (AvgIpc) is 2.27. The lowest BCUT2D eigenvalue weighted by molar-refractivity contribution is -0.153. The van der Waals surface area contributed by atoms with Crippen molar-refractivity contribution in [2.45, 2.75) is 26.4 Å². The fraction of sp³-hybridized carbons (Fsp3) is 0.417. The van der Waals surface area contributed by atoms with Crippen LogP contribution in [0.5, 0.6) is 0 Å². The molecule has 16 heavy (non-hydrogen) atoms. The lowest BCUT2D eigenvalue weighted by atomic mass is 10.0. The summed E-state index contributed by atoms with van der Waals surface area (Å²) in [5.41, 5.74) is 1.45. The molecule has 4 heteroatoms. The van der Waals surface area contributed by atoms with Crippen LogP contribution >= 0.6 is 11.6 Å². The van der Waals surface area contributed by atoms with E-state index in [0.717, 1.165) is 12.0 Å². The van der Waals surface area contributed by atoms with Crippen molar-refractivity contribution in [1.82, 2.24) is 0 Å². The number of hydrogen-bond acceptors (Lipinski definition) is 3. The summed E-state index contributed by atoms with van der Waals surface area (Å²) in [4.78, 5) is 11.3. The molecule has 1 atom stereocenters. The van der Waals surface area contributed by atoms with E-state index in [1.165, 1.54) is 0 Å². The van der Waals surface area contributed by atoms with E-state index < -0.39 is 12.1 Å². The molecule has 0 spiro atoms. The molecule has 0 aromatic heterocycles. The zero-order valence-electron chi connectivity index (χ0n) is 9.37. The van der Waals surface area contributed by atoms with Gasteiger partial charge in [-0.05, 0) is 36.6 Å². The summed E-state index contributed by atoms with van der Waals surface area (Å²) in [6.07, 6.45) is -0.465. The quantitative estimate of drug-likeness (QED) is 0.826. The number of hydrogen-bond donors (Lipinski definition) is 1. The molecule has 0 aliphatic rings. The predicted molar refractivity (Wildman–Crippen MR) is 62.4 cm³/mol. The number of halogens is 1. The molecule has 0 amide bonds. The Morgan fingerprint density at radius 2 is 2.12 bits per heavy atom. The summed E-state index contributed by atoms with van der Waals surface area (Å²) in [5, 5.41) is 10.2. The van der Waals surface area contributed by atoms with Gasteiger partial charge in [0.1, 0.15) is 0 Å². The van der Waals surface area contributed by atoms with Gasteiger partial charge in [0.05, 0.1) is 6.61 Å². The van der Waals surface area contributed by atoms with Crippen LogP contribution in [0.1, 0.15) is 31.1 Å². The standard InChI is InChI=1S/C12H15ClO3/c1-3-8-5-9(7-10(13)6-8)11(14)12(15)16-4-2/h5-7,11,14H,3-4H2,1-2H3. The van der Waals surface area contributed by atoms with Gasteiger partial charge in [-0.1, -0.05) is 24.6 Å². The number of benzene rings is 1. The average molecular weight is 243 g/mol. The fourth-order valence-electron chi connectivity index (χ4n) is 1.39. The maximum absolute atomic E-state index is 11.3. The topological polar surface area (TPSA) is 46.5 Å². The van der Waals surface area contributed by atoms with E-state index in [9.17, 15) is 9.90 Å². The summed E-state index contributed by atoms with van der Waals surface area (Å²) in [6.45, 7) is 3.92. The minimum Gasteiger partial charge on any atom is -0.464 e. The Balaban J connectivity index is 2.94. The molecular formula is C12H15ClO3. The maximum Gasteiger partial charge on any atom is 0.339 e. The lowest BCUT2D eigenvalue weighted by Crippen LogP contribution is -2.15. The summed E-state index contributed by atoms with van der Waals surface area (Å²) < 4.78 is 4.74. The molecule has 0 heterocycles. The third-order valence-corrected chi connectivity index (χ3v) is 2.43. The van der Waals surface area contributed by atoms with E-state index in [1.807, 2.05) is 13.0 Å². The highest BCUT2D eigenvalue weighted by molar-refractivity contribution is 6.30. The first-order valence-corrected chi connectivity index (χ1v) is 5.60. The van der Waals surface area contributed by atoms with Crippen molar-refractivity contribution in [1.29, 1.82) is 0 Å². The Kier molecular flexibility index (Phi) is 4.77. The predicted octanol–water partition coefficient (Wildman–Crippen LogP) is 2.50. The second kappa shape index (κ2) is 5.87. The van der Waals surface area contributed by atoms with Crippen LogP contribution in [0.3, 0.4) is 0 Å². The molecule has 1 aromatic carbocycles. The van der Waals surface area contributed by atoms with Gasteiger partial charge in [0, 0.05) is 5.02 Å². The van der Waals surface area contributed by atoms with Crippen molar-refractivity contribution < 1.29 is 14.6 Å². The van der Waals surface area contributed by atoms with Crippen LogP contribution in [0.2, 0.25) is 5.02 Å². The van der Waals surface area contributed by atoms with E-state index in [4.69, 9.17) is 16.3 Å². The zero-order valence-corrected chi connectivity index (χ0v) is 10.1. The SMILES string of the molecule is CCOC(=O)C(O)c1cc(Cl)cc(CC)c1. The molecule has 0 radical (unpaired) electrons. The molecule has 0 fully saturated rings. The van der Waals surface area contributed by atoms with Crippen LogP contribution in [-0.4, -0.2) is 17.7 Å². The molecule has 1 aromatic rings. The van der Waals surface area contributed by atoms with Crippen molar-refractivity contribution in [3.05, 3.63) is 34.3 Å². The summed E-state index contributed by atoms with van der Waals surface area (Å²) >= 11 is 5.89. The summed E-state index contributed by atoms with van der Waals surface area (Å²) in [7, 11) is 0. The zero-order chi connectivity index (χ0) is 12.1. The van der Waals surface area contributed by atoms with Crippen molar-refractivity contribution in [3.8, 4) is 0 Å². The van der Waals surface area contributed by atoms with Gasteiger partial charge < -0.3 is 9.84 Å². The van der Waals surface area contributed by atoms with Gasteiger partial charge >= 0.3 is 5.97 Å². The summed E-state index contributed by atoms with van der Waals surface area (Å²) in [5.74, 6) is -0.646.